The Balaban J connectivity index is 2.77. The third-order valence-electron chi connectivity index (χ3n) is 5.22. The van der Waals surface area contributed by atoms with E-state index in [-0.39, 0.29) is 5.92 Å². The predicted octanol–water partition coefficient (Wildman–Crippen LogP) is 5.16. The molecule has 0 N–H and O–H groups in total. The van der Waals surface area contributed by atoms with Crippen molar-refractivity contribution in [1.82, 2.24) is 4.98 Å². The van der Waals surface area contributed by atoms with Crippen molar-refractivity contribution in [1.29, 1.82) is 0 Å². The minimum Gasteiger partial charge on any atom is -0.497 e. The van der Waals surface area contributed by atoms with Gasteiger partial charge in [-0.05, 0) is 62.1 Å². The van der Waals surface area contributed by atoms with Crippen LogP contribution in [0.3, 0.4) is 0 Å². The molecule has 0 fully saturated rings. The van der Waals surface area contributed by atoms with Gasteiger partial charge in [-0.2, -0.15) is 0 Å². The highest BCUT2D eigenvalue weighted by Crippen LogP contribution is 2.46. The maximum atomic E-state index is 14.0. The molecule has 0 amide bonds. The summed E-state index contributed by atoms with van der Waals surface area (Å²) < 4.78 is 32.0. The summed E-state index contributed by atoms with van der Waals surface area (Å²) in [4.78, 5) is 4.52. The van der Waals surface area contributed by atoms with Crippen molar-refractivity contribution in [2.75, 3.05) is 7.11 Å². The van der Waals surface area contributed by atoms with Crippen LogP contribution in [0.1, 0.15) is 46.1 Å². The molecule has 27 heavy (non-hydrogen) atoms. The Morgan fingerprint density at radius 2 is 1.89 bits per heavy atom. The van der Waals surface area contributed by atoms with Gasteiger partial charge in [0, 0.05) is 12.4 Å². The maximum absolute atomic E-state index is 14.0. The Labute approximate surface area is 163 Å². The molecule has 0 spiro atoms. The van der Waals surface area contributed by atoms with Gasteiger partial charge in [-0.15, -0.1) is 0 Å². The van der Waals surface area contributed by atoms with Gasteiger partial charge < -0.3 is 4.74 Å². The second-order valence-corrected chi connectivity index (χ2v) is 9.31. The zero-order valence-electron chi connectivity index (χ0n) is 16.8. The van der Waals surface area contributed by atoms with Gasteiger partial charge in [-0.3, -0.25) is 4.98 Å². The van der Waals surface area contributed by atoms with Crippen molar-refractivity contribution in [3.63, 3.8) is 0 Å². The second kappa shape index (κ2) is 8.70. The second-order valence-electron chi connectivity index (χ2n) is 7.11. The third kappa shape index (κ3) is 4.08. The van der Waals surface area contributed by atoms with Gasteiger partial charge in [0.05, 0.1) is 12.0 Å². The molecular formula is C22H29NO3S. The molecule has 2 rings (SSSR count). The smallest absolute Gasteiger partial charge is 0.188 e. The first kappa shape index (κ1) is 21.2. The lowest BCUT2D eigenvalue weighted by Gasteiger charge is -2.38. The number of ether oxygens (including phenoxy) is 1. The third-order valence-corrected chi connectivity index (χ3v) is 7.88. The lowest BCUT2D eigenvalue weighted by Crippen LogP contribution is -2.41. The van der Waals surface area contributed by atoms with Crippen molar-refractivity contribution >= 4 is 9.84 Å². The fraction of sp³-hybridized carbons (Fsp3) is 0.409. The van der Waals surface area contributed by atoms with Crippen LogP contribution >= 0.6 is 0 Å². The largest absolute Gasteiger partial charge is 0.497 e. The quantitative estimate of drug-likeness (QED) is 0.587. The van der Waals surface area contributed by atoms with Crippen LogP contribution in [0.5, 0.6) is 5.75 Å². The molecule has 2 unspecified atom stereocenters. The summed E-state index contributed by atoms with van der Waals surface area (Å²) in [5.41, 5.74) is 1.82. The molecule has 1 aromatic heterocycles. The zero-order chi connectivity index (χ0) is 20.1. The zero-order valence-corrected chi connectivity index (χ0v) is 17.6. The van der Waals surface area contributed by atoms with E-state index in [1.807, 2.05) is 39.8 Å². The monoisotopic (exact) mass is 387 g/mol. The molecule has 0 aliphatic rings. The average molecular weight is 388 g/mol. The Morgan fingerprint density at radius 1 is 1.22 bits per heavy atom. The molecule has 0 aliphatic carbocycles. The molecule has 0 saturated heterocycles. The van der Waals surface area contributed by atoms with E-state index in [0.717, 1.165) is 17.6 Å². The Morgan fingerprint density at radius 3 is 2.37 bits per heavy atom. The van der Waals surface area contributed by atoms with E-state index in [0.29, 0.717) is 17.1 Å². The molecular weight excluding hydrogens is 358 g/mol. The number of hydrogen-bond acceptors (Lipinski definition) is 4. The molecule has 5 heteroatoms. The van der Waals surface area contributed by atoms with Crippen LogP contribution in [0, 0.1) is 5.92 Å². The van der Waals surface area contributed by atoms with Crippen molar-refractivity contribution in [3.8, 4) is 5.75 Å². The van der Waals surface area contributed by atoms with Gasteiger partial charge in [-0.25, -0.2) is 8.42 Å². The summed E-state index contributed by atoms with van der Waals surface area (Å²) in [6.45, 7) is 8.02. The SMILES string of the molecule is CCC(C)C(CC=C(C)C)(c1cccnc1)S(=O)(=O)c1ccc(OC)cc1. The highest BCUT2D eigenvalue weighted by molar-refractivity contribution is 7.92. The maximum Gasteiger partial charge on any atom is 0.188 e. The lowest BCUT2D eigenvalue weighted by molar-refractivity contribution is 0.374. The number of pyridine rings is 1. The van der Waals surface area contributed by atoms with Crippen LogP contribution in [0.25, 0.3) is 0 Å². The highest BCUT2D eigenvalue weighted by Gasteiger charge is 2.49. The standard InChI is InChI=1S/C22H29NO3S/c1-6-18(4)22(14-13-17(2)3,19-8-7-15-23-16-19)27(24,25)21-11-9-20(26-5)10-12-21/h7-13,15-16,18H,6,14H2,1-5H3. The Kier molecular flexibility index (Phi) is 6.82. The molecule has 0 aliphatic heterocycles. The average Bonchev–Trinajstić information content (AvgIpc) is 2.68. The Hall–Kier alpha value is -2.14. The topological polar surface area (TPSA) is 56.3 Å². The number of nitrogens with zero attached hydrogens (tertiary/aromatic N) is 1. The fourth-order valence-corrected chi connectivity index (χ4v) is 5.74. The normalized spacial score (nSPS) is 14.9. The van der Waals surface area contributed by atoms with Crippen LogP contribution in [0.2, 0.25) is 0 Å². The number of allylic oxidation sites excluding steroid dienone is 2. The first-order chi connectivity index (χ1) is 12.8. The van der Waals surface area contributed by atoms with Crippen molar-refractivity contribution in [2.24, 2.45) is 5.92 Å². The van der Waals surface area contributed by atoms with Crippen LogP contribution in [0.4, 0.5) is 0 Å². The first-order valence-corrected chi connectivity index (χ1v) is 10.7. The van der Waals surface area contributed by atoms with Crippen LogP contribution in [-0.4, -0.2) is 20.5 Å². The van der Waals surface area contributed by atoms with Crippen LogP contribution in [0.15, 0.2) is 65.3 Å². The minimum absolute atomic E-state index is 0.0931. The van der Waals surface area contributed by atoms with E-state index in [2.05, 4.69) is 4.98 Å². The number of aromatic nitrogens is 1. The summed E-state index contributed by atoms with van der Waals surface area (Å²) in [5.74, 6) is 0.540. The number of hydrogen-bond donors (Lipinski definition) is 0. The summed E-state index contributed by atoms with van der Waals surface area (Å²) in [6.07, 6.45) is 6.52. The van der Waals surface area contributed by atoms with Gasteiger partial charge in [0.1, 0.15) is 10.5 Å². The van der Waals surface area contributed by atoms with Crippen molar-refractivity contribution in [2.45, 2.75) is 50.2 Å². The van der Waals surface area contributed by atoms with Crippen LogP contribution < -0.4 is 4.74 Å². The predicted molar refractivity (Wildman–Crippen MR) is 110 cm³/mol. The molecule has 146 valence electrons. The van der Waals surface area contributed by atoms with Gasteiger partial charge in [0.2, 0.25) is 0 Å². The molecule has 2 aromatic rings. The van der Waals surface area contributed by atoms with Gasteiger partial charge in [-0.1, -0.05) is 38.0 Å². The van der Waals surface area contributed by atoms with E-state index in [4.69, 9.17) is 4.74 Å². The number of benzene rings is 1. The van der Waals surface area contributed by atoms with Crippen LogP contribution in [-0.2, 0) is 14.6 Å². The molecule has 4 nitrogen and oxygen atoms in total. The summed E-state index contributed by atoms with van der Waals surface area (Å²) in [5, 5.41) is 0. The van der Waals surface area contributed by atoms with E-state index in [9.17, 15) is 8.42 Å². The van der Waals surface area contributed by atoms with Gasteiger partial charge >= 0.3 is 0 Å². The molecule has 0 saturated carbocycles. The van der Waals surface area contributed by atoms with Crippen molar-refractivity contribution < 1.29 is 13.2 Å². The molecule has 1 aromatic carbocycles. The molecule has 0 bridgehead atoms. The Bertz CT molecular complexity index is 870. The van der Waals surface area contributed by atoms with E-state index >= 15 is 0 Å². The van der Waals surface area contributed by atoms with E-state index in [1.54, 1.807) is 49.8 Å². The molecule has 1 heterocycles. The lowest BCUT2D eigenvalue weighted by atomic mass is 9.82. The summed E-state index contributed by atoms with van der Waals surface area (Å²) >= 11 is 0. The van der Waals surface area contributed by atoms with Gasteiger partial charge in [0.15, 0.2) is 9.84 Å². The summed E-state index contributed by atoms with van der Waals surface area (Å²) in [6, 6.07) is 10.3. The van der Waals surface area contributed by atoms with E-state index < -0.39 is 14.6 Å². The number of rotatable bonds is 8. The van der Waals surface area contributed by atoms with Crippen molar-refractivity contribution in [3.05, 3.63) is 66.0 Å². The minimum atomic E-state index is -3.69. The first-order valence-electron chi connectivity index (χ1n) is 9.22. The van der Waals surface area contributed by atoms with E-state index in [1.165, 1.54) is 0 Å². The van der Waals surface area contributed by atoms with Gasteiger partial charge in [0.25, 0.3) is 0 Å². The fourth-order valence-electron chi connectivity index (χ4n) is 3.40. The number of sulfone groups is 1. The molecule has 2 atom stereocenters. The molecule has 0 radical (unpaired) electrons. The summed E-state index contributed by atoms with van der Waals surface area (Å²) in [7, 11) is -2.12. The highest BCUT2D eigenvalue weighted by atomic mass is 32.2. The number of methoxy groups -OCH3 is 1.